The molecule has 0 radical (unpaired) electrons. The van der Waals surface area contributed by atoms with E-state index in [-0.39, 0.29) is 6.04 Å². The summed E-state index contributed by atoms with van der Waals surface area (Å²) in [7, 11) is 0. The molecule has 0 bridgehead atoms. The van der Waals surface area contributed by atoms with Gasteiger partial charge in [-0.25, -0.2) is 0 Å². The van der Waals surface area contributed by atoms with Gasteiger partial charge in [-0.1, -0.05) is 18.2 Å². The smallest absolute Gasteiger partial charge is 0.0596 e. The highest BCUT2D eigenvalue weighted by atomic mass is 127. The molecule has 0 spiro atoms. The van der Waals surface area contributed by atoms with E-state index in [1.807, 2.05) is 23.7 Å². The van der Waals surface area contributed by atoms with Crippen molar-refractivity contribution in [3.05, 3.63) is 50.9 Å². The van der Waals surface area contributed by atoms with Crippen molar-refractivity contribution in [2.45, 2.75) is 32.9 Å². The highest BCUT2D eigenvalue weighted by Crippen LogP contribution is 2.23. The molecule has 0 amide bonds. The summed E-state index contributed by atoms with van der Waals surface area (Å²) in [5, 5.41) is 4.48. The fourth-order valence-corrected chi connectivity index (χ4v) is 3.03. The standard InChI is InChI=1S/C14H19IN4/c1-3-19-11(8-10(2)18-19)9-14(17-16)12-6-4-5-7-13(12)15/h4-8,14,17H,3,9,16H2,1-2H3. The predicted octanol–water partition coefficient (Wildman–Crippen LogP) is 2.56. The average molecular weight is 370 g/mol. The third-order valence-corrected chi connectivity index (χ3v) is 4.16. The van der Waals surface area contributed by atoms with E-state index in [2.05, 4.69) is 58.2 Å². The lowest BCUT2D eigenvalue weighted by Crippen LogP contribution is -2.30. The molecule has 1 atom stereocenters. The lowest BCUT2D eigenvalue weighted by Gasteiger charge is -2.18. The largest absolute Gasteiger partial charge is 0.271 e. The van der Waals surface area contributed by atoms with Crippen LogP contribution < -0.4 is 11.3 Å². The summed E-state index contributed by atoms with van der Waals surface area (Å²) in [6, 6.07) is 10.5. The van der Waals surface area contributed by atoms with E-state index >= 15 is 0 Å². The molecule has 0 aliphatic heterocycles. The maximum atomic E-state index is 5.74. The van der Waals surface area contributed by atoms with Gasteiger partial charge >= 0.3 is 0 Å². The number of nitrogens with zero attached hydrogens (tertiary/aromatic N) is 2. The van der Waals surface area contributed by atoms with Crippen molar-refractivity contribution in [3.63, 3.8) is 0 Å². The first-order chi connectivity index (χ1) is 9.15. The minimum Gasteiger partial charge on any atom is -0.271 e. The van der Waals surface area contributed by atoms with E-state index in [0.717, 1.165) is 18.7 Å². The molecule has 19 heavy (non-hydrogen) atoms. The van der Waals surface area contributed by atoms with Crippen LogP contribution in [0.15, 0.2) is 30.3 Å². The number of hydrazine groups is 1. The fraction of sp³-hybridized carbons (Fsp3) is 0.357. The maximum absolute atomic E-state index is 5.74. The lowest BCUT2D eigenvalue weighted by atomic mass is 10.0. The first-order valence-electron chi connectivity index (χ1n) is 6.39. The zero-order valence-electron chi connectivity index (χ0n) is 11.2. The zero-order chi connectivity index (χ0) is 13.8. The highest BCUT2D eigenvalue weighted by Gasteiger charge is 2.16. The molecule has 1 unspecified atom stereocenters. The normalized spacial score (nSPS) is 12.6. The molecule has 0 aliphatic carbocycles. The number of halogens is 1. The zero-order valence-corrected chi connectivity index (χ0v) is 13.4. The third-order valence-electron chi connectivity index (χ3n) is 3.18. The van der Waals surface area contributed by atoms with Gasteiger partial charge in [-0.05, 0) is 54.1 Å². The second-order valence-electron chi connectivity index (χ2n) is 4.54. The number of nitrogens with one attached hydrogen (secondary N) is 1. The Kier molecular flexibility index (Phi) is 4.95. The van der Waals surface area contributed by atoms with Crippen molar-refractivity contribution in [2.75, 3.05) is 0 Å². The van der Waals surface area contributed by atoms with Crippen LogP contribution in [0.5, 0.6) is 0 Å². The summed E-state index contributed by atoms with van der Waals surface area (Å²) in [4.78, 5) is 0. The number of hydrogen-bond acceptors (Lipinski definition) is 3. The van der Waals surface area contributed by atoms with Crippen LogP contribution in [-0.2, 0) is 13.0 Å². The SMILES string of the molecule is CCn1nc(C)cc1CC(NN)c1ccccc1I. The van der Waals surface area contributed by atoms with Crippen molar-refractivity contribution in [1.29, 1.82) is 0 Å². The van der Waals surface area contributed by atoms with Crippen LogP contribution in [0.4, 0.5) is 0 Å². The molecule has 0 saturated heterocycles. The topological polar surface area (TPSA) is 55.9 Å². The van der Waals surface area contributed by atoms with Crippen LogP contribution in [0.2, 0.25) is 0 Å². The molecule has 0 saturated carbocycles. The van der Waals surface area contributed by atoms with Crippen LogP contribution in [-0.4, -0.2) is 9.78 Å². The van der Waals surface area contributed by atoms with Crippen molar-refractivity contribution < 1.29 is 0 Å². The molecule has 0 fully saturated rings. The summed E-state index contributed by atoms with van der Waals surface area (Å²) in [5.41, 5.74) is 6.41. The monoisotopic (exact) mass is 370 g/mol. The van der Waals surface area contributed by atoms with Gasteiger partial charge in [0.1, 0.15) is 0 Å². The van der Waals surface area contributed by atoms with Gasteiger partial charge in [0.05, 0.1) is 11.7 Å². The Labute approximate surface area is 127 Å². The van der Waals surface area contributed by atoms with Gasteiger partial charge in [0.25, 0.3) is 0 Å². The number of rotatable bonds is 5. The van der Waals surface area contributed by atoms with E-state index in [4.69, 9.17) is 5.84 Å². The predicted molar refractivity (Wildman–Crippen MR) is 85.6 cm³/mol. The Hall–Kier alpha value is -0.920. The van der Waals surface area contributed by atoms with Gasteiger partial charge in [-0.2, -0.15) is 5.10 Å². The molecular formula is C14H19IN4. The van der Waals surface area contributed by atoms with Gasteiger partial charge in [0.2, 0.25) is 0 Å². The second-order valence-corrected chi connectivity index (χ2v) is 5.70. The Morgan fingerprint density at radius 3 is 2.79 bits per heavy atom. The number of aromatic nitrogens is 2. The summed E-state index contributed by atoms with van der Waals surface area (Å²) in [6.45, 7) is 5.01. The number of benzene rings is 1. The van der Waals surface area contributed by atoms with Gasteiger partial charge in [-0.15, -0.1) is 0 Å². The number of aryl methyl sites for hydroxylation is 2. The minimum atomic E-state index is 0.106. The van der Waals surface area contributed by atoms with Crippen molar-refractivity contribution in [1.82, 2.24) is 15.2 Å². The molecule has 102 valence electrons. The molecule has 5 heteroatoms. The van der Waals surface area contributed by atoms with Gasteiger partial charge < -0.3 is 0 Å². The van der Waals surface area contributed by atoms with Crippen LogP contribution >= 0.6 is 22.6 Å². The van der Waals surface area contributed by atoms with E-state index in [1.165, 1.54) is 14.8 Å². The van der Waals surface area contributed by atoms with Crippen LogP contribution in [0.1, 0.15) is 29.9 Å². The molecular weight excluding hydrogens is 351 g/mol. The number of nitrogens with two attached hydrogens (primary N) is 1. The Balaban J connectivity index is 2.26. The molecule has 1 aromatic carbocycles. The quantitative estimate of drug-likeness (QED) is 0.483. The van der Waals surface area contributed by atoms with Gasteiger partial charge in [-0.3, -0.25) is 16.0 Å². The minimum absolute atomic E-state index is 0.106. The van der Waals surface area contributed by atoms with Crippen molar-refractivity contribution in [2.24, 2.45) is 5.84 Å². The molecule has 4 nitrogen and oxygen atoms in total. The Morgan fingerprint density at radius 1 is 1.42 bits per heavy atom. The summed E-state index contributed by atoms with van der Waals surface area (Å²) < 4.78 is 3.26. The van der Waals surface area contributed by atoms with Gasteiger partial charge in [0, 0.05) is 22.2 Å². The van der Waals surface area contributed by atoms with Crippen LogP contribution in [0.3, 0.4) is 0 Å². The van der Waals surface area contributed by atoms with E-state index in [0.29, 0.717) is 0 Å². The Bertz CT molecular complexity index is 550. The average Bonchev–Trinajstić information content (AvgIpc) is 2.77. The maximum Gasteiger partial charge on any atom is 0.0596 e. The first kappa shape index (κ1) is 14.5. The molecule has 2 aromatic rings. The van der Waals surface area contributed by atoms with E-state index < -0.39 is 0 Å². The second kappa shape index (κ2) is 6.49. The first-order valence-corrected chi connectivity index (χ1v) is 7.47. The number of hydrogen-bond donors (Lipinski definition) is 2. The van der Waals surface area contributed by atoms with E-state index in [1.54, 1.807) is 0 Å². The Morgan fingerprint density at radius 2 is 2.16 bits per heavy atom. The molecule has 3 N–H and O–H groups in total. The summed E-state index contributed by atoms with van der Waals surface area (Å²) in [6.07, 6.45) is 0.838. The fourth-order valence-electron chi connectivity index (χ4n) is 2.26. The van der Waals surface area contributed by atoms with E-state index in [9.17, 15) is 0 Å². The summed E-state index contributed by atoms with van der Waals surface area (Å²) in [5.74, 6) is 5.74. The molecule has 0 aliphatic rings. The molecule has 1 aromatic heterocycles. The molecule has 2 rings (SSSR count). The van der Waals surface area contributed by atoms with Crippen LogP contribution in [0.25, 0.3) is 0 Å². The molecule has 1 heterocycles. The highest BCUT2D eigenvalue weighted by molar-refractivity contribution is 14.1. The third kappa shape index (κ3) is 3.34. The van der Waals surface area contributed by atoms with Crippen molar-refractivity contribution in [3.8, 4) is 0 Å². The van der Waals surface area contributed by atoms with Crippen LogP contribution in [0, 0.1) is 10.5 Å². The lowest BCUT2D eigenvalue weighted by molar-refractivity contribution is 0.515. The summed E-state index contributed by atoms with van der Waals surface area (Å²) >= 11 is 2.35. The van der Waals surface area contributed by atoms with Crippen molar-refractivity contribution >= 4 is 22.6 Å². The van der Waals surface area contributed by atoms with Gasteiger partial charge in [0.15, 0.2) is 0 Å².